The molecule has 0 heterocycles. The third-order valence-electron chi connectivity index (χ3n) is 3.89. The van der Waals surface area contributed by atoms with Crippen molar-refractivity contribution in [2.45, 2.75) is 58.2 Å². The van der Waals surface area contributed by atoms with Gasteiger partial charge in [-0.2, -0.15) is 0 Å². The largest absolute Gasteiger partial charge is 0.417 e. The standard InChI is InChI=1S/C15H26O2Si/c1-15(2,3)18(4,5)17-11-7-6-8-13-9-10-14(16)12-13/h6,8,12H,7,9-11H2,1-5H3/b8-6+. The topological polar surface area (TPSA) is 26.3 Å². The van der Waals surface area contributed by atoms with Crippen LogP contribution in [0.1, 0.15) is 40.0 Å². The molecule has 0 saturated heterocycles. The fourth-order valence-electron chi connectivity index (χ4n) is 1.58. The highest BCUT2D eigenvalue weighted by Gasteiger charge is 2.36. The summed E-state index contributed by atoms with van der Waals surface area (Å²) in [6.45, 7) is 12.1. The molecular weight excluding hydrogens is 240 g/mol. The van der Waals surface area contributed by atoms with E-state index in [1.54, 1.807) is 6.08 Å². The minimum Gasteiger partial charge on any atom is -0.417 e. The molecule has 0 aromatic heterocycles. The molecule has 102 valence electrons. The van der Waals surface area contributed by atoms with E-state index in [-0.39, 0.29) is 10.8 Å². The smallest absolute Gasteiger partial charge is 0.191 e. The molecule has 3 heteroatoms. The van der Waals surface area contributed by atoms with Gasteiger partial charge in [-0.25, -0.2) is 0 Å². The van der Waals surface area contributed by atoms with Crippen molar-refractivity contribution in [3.8, 4) is 0 Å². The average Bonchev–Trinajstić information content (AvgIpc) is 2.62. The number of rotatable bonds is 5. The van der Waals surface area contributed by atoms with Crippen LogP contribution in [0.15, 0.2) is 23.8 Å². The van der Waals surface area contributed by atoms with Crippen LogP contribution in [-0.2, 0) is 9.22 Å². The van der Waals surface area contributed by atoms with Gasteiger partial charge in [0.25, 0.3) is 0 Å². The van der Waals surface area contributed by atoms with Crippen LogP contribution in [0.4, 0.5) is 0 Å². The number of hydrogen-bond acceptors (Lipinski definition) is 2. The van der Waals surface area contributed by atoms with E-state index >= 15 is 0 Å². The molecule has 0 fully saturated rings. The number of allylic oxidation sites excluding steroid dienone is 3. The fraction of sp³-hybridized carbons (Fsp3) is 0.667. The summed E-state index contributed by atoms with van der Waals surface area (Å²) in [5.41, 5.74) is 1.16. The van der Waals surface area contributed by atoms with Crippen molar-refractivity contribution in [2.24, 2.45) is 0 Å². The maximum Gasteiger partial charge on any atom is 0.191 e. The van der Waals surface area contributed by atoms with Crippen molar-refractivity contribution >= 4 is 14.1 Å². The van der Waals surface area contributed by atoms with Crippen LogP contribution in [-0.4, -0.2) is 20.7 Å². The summed E-state index contributed by atoms with van der Waals surface area (Å²) in [4.78, 5) is 11.1. The van der Waals surface area contributed by atoms with Gasteiger partial charge in [0.1, 0.15) is 0 Å². The molecule has 0 spiro atoms. The van der Waals surface area contributed by atoms with Crippen molar-refractivity contribution < 1.29 is 9.22 Å². The summed E-state index contributed by atoms with van der Waals surface area (Å²) in [6.07, 6.45) is 8.46. The molecule has 0 aromatic carbocycles. The number of carbonyl (C=O) groups excluding carboxylic acids is 1. The van der Waals surface area contributed by atoms with Crippen molar-refractivity contribution in [3.63, 3.8) is 0 Å². The van der Waals surface area contributed by atoms with Gasteiger partial charge in [0.15, 0.2) is 14.1 Å². The molecule has 18 heavy (non-hydrogen) atoms. The van der Waals surface area contributed by atoms with Gasteiger partial charge in [-0.15, -0.1) is 0 Å². The normalized spacial score (nSPS) is 17.6. The van der Waals surface area contributed by atoms with Gasteiger partial charge >= 0.3 is 0 Å². The molecule has 0 aromatic rings. The highest BCUT2D eigenvalue weighted by molar-refractivity contribution is 6.74. The predicted octanol–water partition coefficient (Wildman–Crippen LogP) is 4.24. The first-order valence-electron chi connectivity index (χ1n) is 6.76. The minimum atomic E-state index is -1.60. The molecule has 0 saturated carbocycles. The van der Waals surface area contributed by atoms with Crippen molar-refractivity contribution in [1.82, 2.24) is 0 Å². The van der Waals surface area contributed by atoms with Gasteiger partial charge in [0.2, 0.25) is 0 Å². The van der Waals surface area contributed by atoms with Crippen LogP contribution >= 0.6 is 0 Å². The van der Waals surface area contributed by atoms with Gasteiger partial charge in [-0.1, -0.05) is 32.9 Å². The van der Waals surface area contributed by atoms with E-state index in [9.17, 15) is 4.79 Å². The van der Waals surface area contributed by atoms with E-state index in [1.165, 1.54) is 0 Å². The molecular formula is C15H26O2Si. The number of carbonyl (C=O) groups is 1. The lowest BCUT2D eigenvalue weighted by Crippen LogP contribution is -2.40. The molecule has 2 nitrogen and oxygen atoms in total. The Labute approximate surface area is 112 Å². The highest BCUT2D eigenvalue weighted by atomic mass is 28.4. The monoisotopic (exact) mass is 266 g/mol. The summed E-state index contributed by atoms with van der Waals surface area (Å²) in [6, 6.07) is 0. The zero-order valence-electron chi connectivity index (χ0n) is 12.4. The first kappa shape index (κ1) is 15.4. The Morgan fingerprint density at radius 2 is 2.00 bits per heavy atom. The molecule has 0 bridgehead atoms. The SMILES string of the molecule is CC(C)(C)[Si](C)(C)OCC/C=C/C1=CC(=O)CC1. The van der Waals surface area contributed by atoms with E-state index in [2.05, 4.69) is 46.0 Å². The maximum absolute atomic E-state index is 11.1. The average molecular weight is 266 g/mol. The van der Waals surface area contributed by atoms with Gasteiger partial charge in [0, 0.05) is 13.0 Å². The molecule has 0 amide bonds. The second kappa shape index (κ2) is 5.98. The Kier molecular flexibility index (Phi) is 5.11. The first-order valence-corrected chi connectivity index (χ1v) is 9.67. The molecule has 1 rings (SSSR count). The van der Waals surface area contributed by atoms with Crippen LogP contribution in [0, 0.1) is 0 Å². The molecule has 0 aliphatic heterocycles. The maximum atomic E-state index is 11.1. The molecule has 1 aliphatic carbocycles. The van der Waals surface area contributed by atoms with E-state index in [4.69, 9.17) is 4.43 Å². The quantitative estimate of drug-likeness (QED) is 0.549. The summed E-state index contributed by atoms with van der Waals surface area (Å²) in [5, 5.41) is 0.275. The first-order chi connectivity index (χ1) is 8.22. The minimum absolute atomic E-state index is 0.257. The number of ketones is 1. The van der Waals surface area contributed by atoms with Gasteiger partial charge < -0.3 is 4.43 Å². The Morgan fingerprint density at radius 3 is 2.50 bits per heavy atom. The lowest BCUT2D eigenvalue weighted by atomic mass is 10.2. The van der Waals surface area contributed by atoms with Crippen LogP contribution in [0.3, 0.4) is 0 Å². The van der Waals surface area contributed by atoms with Crippen molar-refractivity contribution in [1.29, 1.82) is 0 Å². The zero-order valence-corrected chi connectivity index (χ0v) is 13.4. The lowest BCUT2D eigenvalue weighted by Gasteiger charge is -2.36. The van der Waals surface area contributed by atoms with E-state index in [0.29, 0.717) is 6.42 Å². The molecule has 1 aliphatic rings. The summed E-state index contributed by atoms with van der Waals surface area (Å²) in [5.74, 6) is 0.257. The molecule has 0 N–H and O–H groups in total. The fourth-order valence-corrected chi connectivity index (χ4v) is 2.64. The predicted molar refractivity (Wildman–Crippen MR) is 79.2 cm³/mol. The second-order valence-electron chi connectivity index (χ2n) is 6.49. The Hall–Kier alpha value is -0.673. The Bertz CT molecular complexity index is 359. The molecule has 0 unspecified atom stereocenters. The van der Waals surface area contributed by atoms with Gasteiger partial charge in [-0.05, 0) is 42.6 Å². The van der Waals surface area contributed by atoms with Crippen molar-refractivity contribution in [2.75, 3.05) is 6.61 Å². The van der Waals surface area contributed by atoms with Crippen LogP contribution in [0.2, 0.25) is 18.1 Å². The molecule has 0 atom stereocenters. The second-order valence-corrected chi connectivity index (χ2v) is 11.3. The third kappa shape index (κ3) is 4.54. The highest BCUT2D eigenvalue weighted by Crippen LogP contribution is 2.36. The van der Waals surface area contributed by atoms with Gasteiger partial charge in [0.05, 0.1) is 0 Å². The summed E-state index contributed by atoms with van der Waals surface area (Å²) < 4.78 is 6.08. The Morgan fingerprint density at radius 1 is 1.33 bits per heavy atom. The zero-order chi connectivity index (χ0) is 13.8. The summed E-state index contributed by atoms with van der Waals surface area (Å²) >= 11 is 0. The van der Waals surface area contributed by atoms with E-state index < -0.39 is 8.32 Å². The van der Waals surface area contributed by atoms with E-state index in [1.807, 2.05) is 0 Å². The molecule has 0 radical (unpaired) electrons. The van der Waals surface area contributed by atoms with Crippen molar-refractivity contribution in [3.05, 3.63) is 23.8 Å². The van der Waals surface area contributed by atoms with Crippen LogP contribution in [0.5, 0.6) is 0 Å². The van der Waals surface area contributed by atoms with Crippen LogP contribution in [0.25, 0.3) is 0 Å². The van der Waals surface area contributed by atoms with Gasteiger partial charge in [-0.3, -0.25) is 4.79 Å². The third-order valence-corrected chi connectivity index (χ3v) is 8.43. The Balaban J connectivity index is 2.29. The van der Waals surface area contributed by atoms with E-state index in [0.717, 1.165) is 25.0 Å². The number of hydrogen-bond donors (Lipinski definition) is 0. The van der Waals surface area contributed by atoms with Crippen LogP contribution < -0.4 is 0 Å². The lowest BCUT2D eigenvalue weighted by molar-refractivity contribution is -0.114. The summed E-state index contributed by atoms with van der Waals surface area (Å²) in [7, 11) is -1.60.